The van der Waals surface area contributed by atoms with Gasteiger partial charge in [-0.15, -0.1) is 11.3 Å². The van der Waals surface area contributed by atoms with Crippen molar-refractivity contribution < 1.29 is 4.74 Å². The molecule has 0 saturated heterocycles. The first-order valence-electron chi connectivity index (χ1n) is 7.03. The second-order valence-corrected chi connectivity index (χ2v) is 6.21. The molecule has 3 nitrogen and oxygen atoms in total. The number of ether oxygens (including phenoxy) is 1. The SMILES string of the molecule is NNC(c1cccc2ccsc12)C1Cc2ccccc2O1. The van der Waals surface area contributed by atoms with Crippen molar-refractivity contribution in [1.29, 1.82) is 0 Å². The molecule has 2 unspecified atom stereocenters. The van der Waals surface area contributed by atoms with Crippen molar-refractivity contribution in [1.82, 2.24) is 5.43 Å². The minimum Gasteiger partial charge on any atom is -0.488 e. The normalized spacial score (nSPS) is 18.4. The highest BCUT2D eigenvalue weighted by Gasteiger charge is 2.31. The third-order valence-corrected chi connectivity index (χ3v) is 5.05. The first-order chi connectivity index (χ1) is 10.4. The standard InChI is InChI=1S/C17H16N2OS/c18-19-16(13-6-3-5-11-8-9-21-17(11)13)15-10-12-4-1-2-7-14(12)20-15/h1-9,15-16,19H,10,18H2. The van der Waals surface area contributed by atoms with Gasteiger partial charge in [-0.3, -0.25) is 5.84 Å². The number of rotatable bonds is 3. The van der Waals surface area contributed by atoms with E-state index in [1.165, 1.54) is 21.2 Å². The van der Waals surface area contributed by atoms with Crippen LogP contribution in [0.25, 0.3) is 10.1 Å². The summed E-state index contributed by atoms with van der Waals surface area (Å²) in [4.78, 5) is 0. The molecular formula is C17H16N2OS. The number of fused-ring (bicyclic) bond motifs is 2. The molecule has 21 heavy (non-hydrogen) atoms. The molecule has 3 N–H and O–H groups in total. The molecule has 0 aliphatic carbocycles. The van der Waals surface area contributed by atoms with Gasteiger partial charge >= 0.3 is 0 Å². The van der Waals surface area contributed by atoms with Gasteiger partial charge in [0.25, 0.3) is 0 Å². The summed E-state index contributed by atoms with van der Waals surface area (Å²) in [5, 5.41) is 3.37. The van der Waals surface area contributed by atoms with E-state index in [4.69, 9.17) is 10.6 Å². The van der Waals surface area contributed by atoms with Gasteiger partial charge in [0, 0.05) is 11.1 Å². The van der Waals surface area contributed by atoms with Crippen molar-refractivity contribution in [2.24, 2.45) is 5.84 Å². The van der Waals surface area contributed by atoms with E-state index in [2.05, 4.69) is 47.2 Å². The number of benzene rings is 2. The van der Waals surface area contributed by atoms with E-state index in [0.717, 1.165) is 12.2 Å². The summed E-state index contributed by atoms with van der Waals surface area (Å²) < 4.78 is 7.38. The Balaban J connectivity index is 1.72. The monoisotopic (exact) mass is 296 g/mol. The summed E-state index contributed by atoms with van der Waals surface area (Å²) in [6.07, 6.45) is 0.910. The molecule has 2 atom stereocenters. The Labute approximate surface area is 127 Å². The van der Waals surface area contributed by atoms with E-state index in [1.807, 2.05) is 12.1 Å². The van der Waals surface area contributed by atoms with E-state index in [1.54, 1.807) is 11.3 Å². The minimum absolute atomic E-state index is 0.0141. The van der Waals surface area contributed by atoms with E-state index in [-0.39, 0.29) is 12.1 Å². The second kappa shape index (κ2) is 5.15. The molecule has 2 aromatic carbocycles. The fourth-order valence-corrected chi connectivity index (χ4v) is 4.01. The highest BCUT2D eigenvalue weighted by atomic mass is 32.1. The van der Waals surface area contributed by atoms with E-state index >= 15 is 0 Å². The third kappa shape index (κ3) is 2.12. The van der Waals surface area contributed by atoms with Crippen molar-refractivity contribution in [2.75, 3.05) is 0 Å². The van der Waals surface area contributed by atoms with Crippen molar-refractivity contribution in [3.63, 3.8) is 0 Å². The van der Waals surface area contributed by atoms with Gasteiger partial charge in [0.15, 0.2) is 0 Å². The average Bonchev–Trinajstić information content (AvgIpc) is 3.14. The van der Waals surface area contributed by atoms with Crippen LogP contribution in [0.5, 0.6) is 5.75 Å². The molecule has 0 saturated carbocycles. The highest BCUT2D eigenvalue weighted by molar-refractivity contribution is 7.17. The summed E-state index contributed by atoms with van der Waals surface area (Å²) >= 11 is 1.75. The molecule has 1 aliphatic rings. The Morgan fingerprint density at radius 2 is 2.05 bits per heavy atom. The van der Waals surface area contributed by atoms with E-state index in [0.29, 0.717) is 0 Å². The smallest absolute Gasteiger partial charge is 0.124 e. The molecule has 2 heterocycles. The topological polar surface area (TPSA) is 47.3 Å². The maximum absolute atomic E-state index is 6.10. The summed E-state index contributed by atoms with van der Waals surface area (Å²) in [6.45, 7) is 0. The maximum atomic E-state index is 6.10. The minimum atomic E-state index is -0.0141. The molecule has 0 radical (unpaired) electrons. The van der Waals surface area contributed by atoms with Crippen LogP contribution in [-0.4, -0.2) is 6.10 Å². The van der Waals surface area contributed by atoms with Gasteiger partial charge < -0.3 is 4.74 Å². The summed E-state index contributed by atoms with van der Waals surface area (Å²) in [5.41, 5.74) is 5.42. The first-order valence-corrected chi connectivity index (χ1v) is 7.91. The van der Waals surface area contributed by atoms with Crippen LogP contribution in [0.2, 0.25) is 0 Å². The van der Waals surface area contributed by atoms with Crippen LogP contribution in [0.1, 0.15) is 17.2 Å². The van der Waals surface area contributed by atoms with Crippen LogP contribution < -0.4 is 16.0 Å². The summed E-state index contributed by atoms with van der Waals surface area (Å²) in [5.74, 6) is 6.83. The lowest BCUT2D eigenvalue weighted by molar-refractivity contribution is 0.180. The Morgan fingerprint density at radius 1 is 1.14 bits per heavy atom. The first kappa shape index (κ1) is 12.8. The van der Waals surface area contributed by atoms with Gasteiger partial charge in [0.05, 0.1) is 6.04 Å². The molecule has 0 amide bonds. The number of hydrazine groups is 1. The van der Waals surface area contributed by atoms with Gasteiger partial charge in [-0.05, 0) is 34.0 Å². The molecule has 4 rings (SSSR count). The molecule has 0 bridgehead atoms. The van der Waals surface area contributed by atoms with Gasteiger partial charge in [-0.25, -0.2) is 5.43 Å². The van der Waals surface area contributed by atoms with Crippen LogP contribution in [0.4, 0.5) is 0 Å². The molecular weight excluding hydrogens is 280 g/mol. The fourth-order valence-electron chi connectivity index (χ4n) is 3.05. The van der Waals surface area contributed by atoms with E-state index in [9.17, 15) is 0 Å². The lowest BCUT2D eigenvalue weighted by Crippen LogP contribution is -2.38. The van der Waals surface area contributed by atoms with Crippen molar-refractivity contribution in [3.8, 4) is 5.75 Å². The lowest BCUT2D eigenvalue weighted by atomic mass is 9.97. The number of para-hydroxylation sites is 1. The van der Waals surface area contributed by atoms with Crippen molar-refractivity contribution in [2.45, 2.75) is 18.6 Å². The predicted molar refractivity (Wildman–Crippen MR) is 86.5 cm³/mol. The zero-order chi connectivity index (χ0) is 14.2. The molecule has 1 aliphatic heterocycles. The van der Waals surface area contributed by atoms with Gasteiger partial charge in [0.1, 0.15) is 11.9 Å². The Kier molecular flexibility index (Phi) is 3.15. The number of nitrogens with two attached hydrogens (primary N) is 1. The van der Waals surface area contributed by atoms with Crippen LogP contribution >= 0.6 is 11.3 Å². The molecule has 106 valence electrons. The average molecular weight is 296 g/mol. The molecule has 0 fully saturated rings. The summed E-state index contributed by atoms with van der Waals surface area (Å²) in [6, 6.07) is 16.7. The van der Waals surface area contributed by atoms with Gasteiger partial charge in [-0.1, -0.05) is 36.4 Å². The Bertz CT molecular complexity index is 758. The van der Waals surface area contributed by atoms with Crippen LogP contribution in [0.15, 0.2) is 53.9 Å². The quantitative estimate of drug-likeness (QED) is 0.575. The maximum Gasteiger partial charge on any atom is 0.124 e. The van der Waals surface area contributed by atoms with Gasteiger partial charge in [-0.2, -0.15) is 0 Å². The van der Waals surface area contributed by atoms with E-state index < -0.39 is 0 Å². The van der Waals surface area contributed by atoms with Crippen molar-refractivity contribution in [3.05, 3.63) is 65.0 Å². The largest absolute Gasteiger partial charge is 0.488 e. The number of thiophene rings is 1. The molecule has 4 heteroatoms. The van der Waals surface area contributed by atoms with Gasteiger partial charge in [0.2, 0.25) is 0 Å². The summed E-state index contributed by atoms with van der Waals surface area (Å²) in [7, 11) is 0. The highest BCUT2D eigenvalue weighted by Crippen LogP contribution is 2.37. The van der Waals surface area contributed by atoms with Crippen LogP contribution in [0.3, 0.4) is 0 Å². The molecule has 1 aromatic heterocycles. The van der Waals surface area contributed by atoms with Crippen molar-refractivity contribution >= 4 is 21.4 Å². The Hall–Kier alpha value is -1.88. The van der Waals surface area contributed by atoms with Crippen LogP contribution in [-0.2, 0) is 6.42 Å². The predicted octanol–water partition coefficient (Wildman–Crippen LogP) is 3.41. The molecule has 0 spiro atoms. The zero-order valence-electron chi connectivity index (χ0n) is 11.5. The number of nitrogens with one attached hydrogen (secondary N) is 1. The third-order valence-electron chi connectivity index (χ3n) is 4.07. The van der Waals surface area contributed by atoms with Crippen LogP contribution in [0, 0.1) is 0 Å². The fraction of sp³-hybridized carbons (Fsp3) is 0.176. The lowest BCUT2D eigenvalue weighted by Gasteiger charge is -2.23. The molecule has 3 aromatic rings. The number of hydrogen-bond acceptors (Lipinski definition) is 4. The zero-order valence-corrected chi connectivity index (χ0v) is 12.3. The second-order valence-electron chi connectivity index (χ2n) is 5.30. The number of hydrogen-bond donors (Lipinski definition) is 2. The Morgan fingerprint density at radius 3 is 2.90 bits per heavy atom.